The van der Waals surface area contributed by atoms with Crippen molar-refractivity contribution in [2.45, 2.75) is 51.3 Å². The van der Waals surface area contributed by atoms with Crippen LogP contribution in [0, 0.1) is 5.92 Å². The van der Waals surface area contributed by atoms with Gasteiger partial charge in [0.05, 0.1) is 7.11 Å². The molecule has 6 heteroatoms. The first-order chi connectivity index (χ1) is 8.76. The van der Waals surface area contributed by atoms with Crippen LogP contribution in [0.1, 0.15) is 33.6 Å². The number of carbonyl (C=O) groups is 3. The number of nitrogens with zero attached hydrogens (tertiary/aromatic N) is 1. The van der Waals surface area contributed by atoms with Gasteiger partial charge in [-0.3, -0.25) is 9.69 Å². The monoisotopic (exact) mass is 269 g/mol. The fraction of sp³-hybridized carbons (Fsp3) is 0.769. The van der Waals surface area contributed by atoms with Crippen molar-refractivity contribution in [3.8, 4) is 0 Å². The number of ether oxygens (including phenoxy) is 2. The molecular formula is C13H19NO5. The van der Waals surface area contributed by atoms with Crippen LogP contribution in [0.4, 0.5) is 4.79 Å². The van der Waals surface area contributed by atoms with E-state index in [-0.39, 0.29) is 17.7 Å². The second kappa shape index (κ2) is 4.51. The van der Waals surface area contributed by atoms with Crippen LogP contribution in [0.25, 0.3) is 0 Å². The molecular weight excluding hydrogens is 250 g/mol. The van der Waals surface area contributed by atoms with Gasteiger partial charge in [0.25, 0.3) is 0 Å². The maximum absolute atomic E-state index is 12.2. The number of likely N-dealkylation sites (tertiary alicyclic amines) is 1. The molecule has 0 aromatic rings. The highest BCUT2D eigenvalue weighted by Gasteiger charge is 2.58. The quantitative estimate of drug-likeness (QED) is 0.527. The van der Waals surface area contributed by atoms with E-state index in [9.17, 15) is 14.4 Å². The molecule has 1 aliphatic heterocycles. The summed E-state index contributed by atoms with van der Waals surface area (Å²) in [4.78, 5) is 37.3. The molecule has 6 nitrogen and oxygen atoms in total. The normalized spacial score (nSPS) is 29.6. The number of methoxy groups -OCH3 is 1. The molecule has 3 atom stereocenters. The molecule has 1 saturated carbocycles. The van der Waals surface area contributed by atoms with Gasteiger partial charge in [-0.15, -0.1) is 0 Å². The van der Waals surface area contributed by atoms with E-state index in [1.807, 2.05) is 0 Å². The Morgan fingerprint density at radius 2 is 1.89 bits per heavy atom. The molecule has 0 N–H and O–H groups in total. The molecule has 0 spiro atoms. The predicted molar refractivity (Wildman–Crippen MR) is 65.4 cm³/mol. The van der Waals surface area contributed by atoms with Gasteiger partial charge in [0.1, 0.15) is 5.60 Å². The van der Waals surface area contributed by atoms with Gasteiger partial charge in [-0.05, 0) is 33.6 Å². The Kier molecular flexibility index (Phi) is 3.28. The zero-order valence-electron chi connectivity index (χ0n) is 11.6. The van der Waals surface area contributed by atoms with Crippen molar-refractivity contribution in [3.63, 3.8) is 0 Å². The number of amides is 1. The number of hydrogen-bond donors (Lipinski definition) is 0. The summed E-state index contributed by atoms with van der Waals surface area (Å²) in [6.45, 7) is 5.23. The average molecular weight is 269 g/mol. The highest BCUT2D eigenvalue weighted by atomic mass is 16.6. The molecule has 1 heterocycles. The van der Waals surface area contributed by atoms with Crippen LogP contribution in [-0.2, 0) is 19.1 Å². The first-order valence-corrected chi connectivity index (χ1v) is 6.39. The number of fused-ring (bicyclic) bond motifs is 1. The Morgan fingerprint density at radius 3 is 2.32 bits per heavy atom. The molecule has 0 aromatic carbocycles. The molecule has 0 radical (unpaired) electrons. The van der Waals surface area contributed by atoms with E-state index in [4.69, 9.17) is 4.74 Å². The molecule has 1 aliphatic carbocycles. The van der Waals surface area contributed by atoms with E-state index in [2.05, 4.69) is 4.74 Å². The van der Waals surface area contributed by atoms with Gasteiger partial charge in [0, 0.05) is 12.0 Å². The summed E-state index contributed by atoms with van der Waals surface area (Å²) in [5, 5.41) is 0. The second-order valence-corrected chi connectivity index (χ2v) is 5.97. The summed E-state index contributed by atoms with van der Waals surface area (Å²) >= 11 is 0. The zero-order valence-corrected chi connectivity index (χ0v) is 11.6. The lowest BCUT2D eigenvalue weighted by molar-refractivity contribution is -0.148. The molecule has 1 amide bonds. The van der Waals surface area contributed by atoms with Crippen molar-refractivity contribution in [1.82, 2.24) is 4.90 Å². The van der Waals surface area contributed by atoms with E-state index >= 15 is 0 Å². The highest BCUT2D eigenvalue weighted by Crippen LogP contribution is 2.42. The lowest BCUT2D eigenvalue weighted by Gasteiger charge is -2.36. The Hall–Kier alpha value is -1.59. The number of Topliss-reactive ketones (excluding diaryl/α,β-unsaturated/α-hetero) is 1. The van der Waals surface area contributed by atoms with Gasteiger partial charge in [0.2, 0.25) is 0 Å². The van der Waals surface area contributed by atoms with Crippen molar-refractivity contribution >= 4 is 17.8 Å². The highest BCUT2D eigenvalue weighted by molar-refractivity contribution is 6.09. The minimum absolute atomic E-state index is 0.216. The molecule has 2 fully saturated rings. The van der Waals surface area contributed by atoms with Crippen LogP contribution in [0.2, 0.25) is 0 Å². The largest absolute Gasteiger partial charge is 0.467 e. The molecule has 1 unspecified atom stereocenters. The first-order valence-electron chi connectivity index (χ1n) is 6.39. The number of carbonyl (C=O) groups excluding carboxylic acids is 3. The molecule has 106 valence electrons. The summed E-state index contributed by atoms with van der Waals surface area (Å²) in [6, 6.07) is -1.36. The molecule has 1 saturated heterocycles. The third-order valence-corrected chi connectivity index (χ3v) is 3.54. The van der Waals surface area contributed by atoms with Crippen LogP contribution in [0.3, 0.4) is 0 Å². The van der Waals surface area contributed by atoms with E-state index in [1.54, 1.807) is 20.8 Å². The van der Waals surface area contributed by atoms with Gasteiger partial charge in [-0.25, -0.2) is 9.59 Å². The van der Waals surface area contributed by atoms with Crippen molar-refractivity contribution in [2.24, 2.45) is 5.92 Å². The molecule has 0 bridgehead atoms. The van der Waals surface area contributed by atoms with E-state index in [1.165, 1.54) is 12.0 Å². The SMILES string of the molecule is COC(=O)C1C(=O)[C@H]2CC[C@H]2N1C(=O)OC(C)(C)C. The minimum atomic E-state index is -1.14. The minimum Gasteiger partial charge on any atom is -0.467 e. The smallest absolute Gasteiger partial charge is 0.411 e. The molecule has 2 aliphatic rings. The van der Waals surface area contributed by atoms with E-state index in [0.717, 1.165) is 12.8 Å². The van der Waals surface area contributed by atoms with Crippen LogP contribution in [0.15, 0.2) is 0 Å². The lowest BCUT2D eigenvalue weighted by atomic mass is 9.79. The van der Waals surface area contributed by atoms with Crippen molar-refractivity contribution in [1.29, 1.82) is 0 Å². The van der Waals surface area contributed by atoms with Crippen LogP contribution < -0.4 is 0 Å². The Morgan fingerprint density at radius 1 is 1.26 bits per heavy atom. The van der Waals surface area contributed by atoms with Gasteiger partial charge in [-0.2, -0.15) is 0 Å². The number of ketones is 1. The zero-order chi connectivity index (χ0) is 14.4. The maximum atomic E-state index is 12.2. The number of hydrogen-bond acceptors (Lipinski definition) is 5. The lowest BCUT2D eigenvalue weighted by Crippen LogP contribution is -2.50. The van der Waals surface area contributed by atoms with Gasteiger partial charge >= 0.3 is 12.1 Å². The molecule has 0 aromatic heterocycles. The Bertz CT molecular complexity index is 425. The molecule has 2 rings (SSSR count). The van der Waals surface area contributed by atoms with Crippen molar-refractivity contribution in [3.05, 3.63) is 0 Å². The standard InChI is InChI=1S/C13H19NO5/c1-13(2,3)19-12(17)14-8-6-5-7(8)10(15)9(14)11(16)18-4/h7-9H,5-6H2,1-4H3/t7-,8+,9?/m0/s1. The van der Waals surface area contributed by atoms with E-state index in [0.29, 0.717) is 0 Å². The molecule has 19 heavy (non-hydrogen) atoms. The summed E-state index contributed by atoms with van der Waals surface area (Å²) in [7, 11) is 1.21. The fourth-order valence-corrected chi connectivity index (χ4v) is 2.58. The summed E-state index contributed by atoms with van der Waals surface area (Å²) in [6.07, 6.45) is 0.822. The predicted octanol–water partition coefficient (Wildman–Crippen LogP) is 1.13. The average Bonchev–Trinajstić information content (AvgIpc) is 2.42. The number of esters is 1. The summed E-state index contributed by atoms with van der Waals surface area (Å²) in [5.41, 5.74) is -0.664. The summed E-state index contributed by atoms with van der Waals surface area (Å²) < 4.78 is 9.90. The maximum Gasteiger partial charge on any atom is 0.411 e. The van der Waals surface area contributed by atoms with Gasteiger partial charge < -0.3 is 9.47 Å². The Labute approximate surface area is 112 Å². The second-order valence-electron chi connectivity index (χ2n) is 5.97. The van der Waals surface area contributed by atoms with Crippen LogP contribution in [-0.4, -0.2) is 47.5 Å². The topological polar surface area (TPSA) is 72.9 Å². The number of rotatable bonds is 1. The summed E-state index contributed by atoms with van der Waals surface area (Å²) in [5.74, 6) is -1.16. The fourth-order valence-electron chi connectivity index (χ4n) is 2.58. The van der Waals surface area contributed by atoms with Crippen molar-refractivity contribution < 1.29 is 23.9 Å². The van der Waals surface area contributed by atoms with E-state index < -0.39 is 23.7 Å². The third kappa shape index (κ3) is 2.31. The van der Waals surface area contributed by atoms with Crippen molar-refractivity contribution in [2.75, 3.05) is 7.11 Å². The van der Waals surface area contributed by atoms with Crippen LogP contribution >= 0.6 is 0 Å². The third-order valence-electron chi connectivity index (χ3n) is 3.54. The van der Waals surface area contributed by atoms with Gasteiger partial charge in [0.15, 0.2) is 11.8 Å². The first kappa shape index (κ1) is 13.8. The van der Waals surface area contributed by atoms with Crippen LogP contribution in [0.5, 0.6) is 0 Å². The van der Waals surface area contributed by atoms with Gasteiger partial charge in [-0.1, -0.05) is 0 Å². The Balaban J connectivity index is 2.23.